The molecule has 0 saturated heterocycles. The molecule has 0 aliphatic carbocycles. The zero-order valence-corrected chi connectivity index (χ0v) is 16.0. The van der Waals surface area contributed by atoms with Gasteiger partial charge in [0.05, 0.1) is 5.52 Å². The SMILES string of the molecule is Cc1c(NC(=O)Cn2cc3ccccc3n2)cccc1C(=O)NC(C)(C)C. The van der Waals surface area contributed by atoms with E-state index in [1.807, 2.05) is 58.2 Å². The lowest BCUT2D eigenvalue weighted by atomic mass is 10.0. The van der Waals surface area contributed by atoms with Gasteiger partial charge in [-0.05, 0) is 51.5 Å². The number of benzene rings is 2. The Labute approximate surface area is 158 Å². The summed E-state index contributed by atoms with van der Waals surface area (Å²) in [6.45, 7) is 7.72. The fraction of sp³-hybridized carbons (Fsp3) is 0.286. The van der Waals surface area contributed by atoms with Crippen LogP contribution in [0.5, 0.6) is 0 Å². The second kappa shape index (κ2) is 7.23. The highest BCUT2D eigenvalue weighted by atomic mass is 16.2. The Morgan fingerprint density at radius 2 is 1.81 bits per heavy atom. The normalized spacial score (nSPS) is 11.4. The topological polar surface area (TPSA) is 76.0 Å². The standard InChI is InChI=1S/C21H24N4O2/c1-14-16(20(27)23-21(2,3)4)9-7-11-17(14)22-19(26)13-25-12-15-8-5-6-10-18(15)24-25/h5-12H,13H2,1-4H3,(H,22,26)(H,23,27). The Balaban J connectivity index is 1.74. The van der Waals surface area contributed by atoms with E-state index in [2.05, 4.69) is 15.7 Å². The fourth-order valence-corrected chi connectivity index (χ4v) is 2.86. The van der Waals surface area contributed by atoms with Crippen LogP contribution < -0.4 is 10.6 Å². The number of hydrogen-bond acceptors (Lipinski definition) is 3. The van der Waals surface area contributed by atoms with Crippen LogP contribution in [0.4, 0.5) is 5.69 Å². The van der Waals surface area contributed by atoms with E-state index in [-0.39, 0.29) is 23.9 Å². The summed E-state index contributed by atoms with van der Waals surface area (Å²) in [5.74, 6) is -0.353. The highest BCUT2D eigenvalue weighted by Gasteiger charge is 2.18. The number of fused-ring (bicyclic) bond motifs is 1. The number of aromatic nitrogens is 2. The fourth-order valence-electron chi connectivity index (χ4n) is 2.86. The molecule has 1 heterocycles. The van der Waals surface area contributed by atoms with Crippen LogP contribution in [0, 0.1) is 6.92 Å². The molecule has 1 aromatic heterocycles. The van der Waals surface area contributed by atoms with Gasteiger partial charge < -0.3 is 10.6 Å². The van der Waals surface area contributed by atoms with Crippen LogP contribution in [-0.4, -0.2) is 27.1 Å². The summed E-state index contributed by atoms with van der Waals surface area (Å²) >= 11 is 0. The quantitative estimate of drug-likeness (QED) is 0.744. The molecule has 0 spiro atoms. The van der Waals surface area contributed by atoms with E-state index in [1.54, 1.807) is 22.9 Å². The van der Waals surface area contributed by atoms with Gasteiger partial charge in [0.2, 0.25) is 5.91 Å². The van der Waals surface area contributed by atoms with Gasteiger partial charge in [-0.3, -0.25) is 14.3 Å². The van der Waals surface area contributed by atoms with Crippen molar-refractivity contribution in [3.05, 3.63) is 59.8 Å². The molecule has 0 bridgehead atoms. The van der Waals surface area contributed by atoms with Crippen molar-refractivity contribution in [1.82, 2.24) is 15.1 Å². The van der Waals surface area contributed by atoms with Crippen molar-refractivity contribution >= 4 is 28.4 Å². The van der Waals surface area contributed by atoms with Gasteiger partial charge in [-0.15, -0.1) is 0 Å². The van der Waals surface area contributed by atoms with Crippen molar-refractivity contribution in [3.8, 4) is 0 Å². The third-order valence-corrected chi connectivity index (χ3v) is 4.11. The van der Waals surface area contributed by atoms with Crippen LogP contribution in [0.1, 0.15) is 36.7 Å². The lowest BCUT2D eigenvalue weighted by Crippen LogP contribution is -2.40. The molecule has 2 N–H and O–H groups in total. The van der Waals surface area contributed by atoms with E-state index >= 15 is 0 Å². The molecular formula is C21H24N4O2. The number of nitrogens with zero attached hydrogens (tertiary/aromatic N) is 2. The van der Waals surface area contributed by atoms with Gasteiger partial charge in [-0.25, -0.2) is 0 Å². The third kappa shape index (κ3) is 4.53. The highest BCUT2D eigenvalue weighted by molar-refractivity contribution is 5.99. The van der Waals surface area contributed by atoms with Gasteiger partial charge in [0.1, 0.15) is 6.54 Å². The van der Waals surface area contributed by atoms with Crippen LogP contribution in [0.15, 0.2) is 48.7 Å². The van der Waals surface area contributed by atoms with E-state index in [0.717, 1.165) is 16.5 Å². The smallest absolute Gasteiger partial charge is 0.252 e. The Kier molecular flexibility index (Phi) is 4.99. The predicted molar refractivity (Wildman–Crippen MR) is 107 cm³/mol. The molecule has 2 aromatic carbocycles. The molecule has 0 aliphatic rings. The van der Waals surface area contributed by atoms with Crippen molar-refractivity contribution in [1.29, 1.82) is 0 Å². The number of nitrogens with one attached hydrogen (secondary N) is 2. The maximum atomic E-state index is 12.5. The number of anilines is 1. The Bertz CT molecular complexity index is 966. The van der Waals surface area contributed by atoms with Crippen LogP contribution >= 0.6 is 0 Å². The summed E-state index contributed by atoms with van der Waals surface area (Å²) in [6.07, 6.45) is 1.84. The summed E-state index contributed by atoms with van der Waals surface area (Å²) in [5, 5.41) is 11.2. The first-order valence-electron chi connectivity index (χ1n) is 8.87. The molecule has 0 radical (unpaired) electrons. The largest absolute Gasteiger partial charge is 0.347 e. The molecule has 0 saturated carbocycles. The van der Waals surface area contributed by atoms with E-state index in [1.165, 1.54) is 0 Å². The minimum Gasteiger partial charge on any atom is -0.347 e. The average molecular weight is 364 g/mol. The molecule has 27 heavy (non-hydrogen) atoms. The molecule has 0 unspecified atom stereocenters. The number of hydrogen-bond donors (Lipinski definition) is 2. The summed E-state index contributed by atoms with van der Waals surface area (Å²) in [6, 6.07) is 13.0. The van der Waals surface area contributed by atoms with Gasteiger partial charge in [-0.1, -0.05) is 24.3 Å². The van der Waals surface area contributed by atoms with Gasteiger partial charge in [0.15, 0.2) is 0 Å². The number of amides is 2. The molecule has 0 atom stereocenters. The molecule has 0 aliphatic heterocycles. The third-order valence-electron chi connectivity index (χ3n) is 4.11. The summed E-state index contributed by atoms with van der Waals surface area (Å²) in [5.41, 5.74) is 2.43. The molecule has 3 rings (SSSR count). The summed E-state index contributed by atoms with van der Waals surface area (Å²) in [4.78, 5) is 24.9. The average Bonchev–Trinajstić information content (AvgIpc) is 2.97. The monoisotopic (exact) mass is 364 g/mol. The number of rotatable bonds is 4. The number of carbonyl (C=O) groups excluding carboxylic acids is 2. The van der Waals surface area contributed by atoms with Crippen molar-refractivity contribution in [2.75, 3.05) is 5.32 Å². The van der Waals surface area contributed by atoms with Crippen molar-refractivity contribution in [2.45, 2.75) is 39.8 Å². The highest BCUT2D eigenvalue weighted by Crippen LogP contribution is 2.20. The van der Waals surface area contributed by atoms with Crippen LogP contribution in [0.25, 0.3) is 10.9 Å². The van der Waals surface area contributed by atoms with Crippen LogP contribution in [-0.2, 0) is 11.3 Å². The molecular weight excluding hydrogens is 340 g/mol. The molecule has 6 nitrogen and oxygen atoms in total. The van der Waals surface area contributed by atoms with Crippen LogP contribution in [0.3, 0.4) is 0 Å². The maximum Gasteiger partial charge on any atom is 0.252 e. The first-order valence-corrected chi connectivity index (χ1v) is 8.87. The summed E-state index contributed by atoms with van der Waals surface area (Å²) < 4.78 is 1.62. The van der Waals surface area contributed by atoms with Gasteiger partial charge in [0.25, 0.3) is 5.91 Å². The maximum absolute atomic E-state index is 12.5. The zero-order valence-electron chi connectivity index (χ0n) is 16.0. The van der Waals surface area contributed by atoms with Crippen molar-refractivity contribution < 1.29 is 9.59 Å². The van der Waals surface area contributed by atoms with E-state index < -0.39 is 0 Å². The summed E-state index contributed by atoms with van der Waals surface area (Å²) in [7, 11) is 0. The minimum atomic E-state index is -0.328. The van der Waals surface area contributed by atoms with E-state index in [0.29, 0.717) is 11.3 Å². The van der Waals surface area contributed by atoms with E-state index in [9.17, 15) is 9.59 Å². The van der Waals surface area contributed by atoms with Gasteiger partial charge >= 0.3 is 0 Å². The Morgan fingerprint density at radius 3 is 2.52 bits per heavy atom. The van der Waals surface area contributed by atoms with Crippen molar-refractivity contribution in [2.24, 2.45) is 0 Å². The first-order chi connectivity index (χ1) is 12.7. The Hall–Kier alpha value is -3.15. The van der Waals surface area contributed by atoms with Crippen LogP contribution in [0.2, 0.25) is 0 Å². The molecule has 3 aromatic rings. The van der Waals surface area contributed by atoms with E-state index in [4.69, 9.17) is 0 Å². The molecule has 140 valence electrons. The molecule has 2 amide bonds. The zero-order chi connectivity index (χ0) is 19.6. The van der Waals surface area contributed by atoms with Gasteiger partial charge in [-0.2, -0.15) is 5.10 Å². The second-order valence-electron chi connectivity index (χ2n) is 7.62. The van der Waals surface area contributed by atoms with Gasteiger partial charge in [0, 0.05) is 28.4 Å². The lowest BCUT2D eigenvalue weighted by molar-refractivity contribution is -0.116. The predicted octanol–water partition coefficient (Wildman–Crippen LogP) is 3.51. The minimum absolute atomic E-state index is 0.104. The second-order valence-corrected chi connectivity index (χ2v) is 7.62. The Morgan fingerprint density at radius 1 is 1.07 bits per heavy atom. The number of carbonyl (C=O) groups is 2. The molecule has 6 heteroatoms. The first kappa shape index (κ1) is 18.6. The lowest BCUT2D eigenvalue weighted by Gasteiger charge is -2.21. The van der Waals surface area contributed by atoms with Crippen molar-refractivity contribution in [3.63, 3.8) is 0 Å². The molecule has 0 fully saturated rings.